The van der Waals surface area contributed by atoms with Gasteiger partial charge in [-0.05, 0) is 11.6 Å². The lowest BCUT2D eigenvalue weighted by Gasteiger charge is -2.10. The predicted molar refractivity (Wildman–Crippen MR) is 64.0 cm³/mol. The van der Waals surface area contributed by atoms with E-state index in [1.165, 1.54) is 10.9 Å². The molecule has 0 unspecified atom stereocenters. The van der Waals surface area contributed by atoms with E-state index < -0.39 is 0 Å². The topological polar surface area (TPSA) is 63.9 Å². The highest BCUT2D eigenvalue weighted by atomic mass is 16.1. The van der Waals surface area contributed by atoms with Gasteiger partial charge < -0.3 is 4.90 Å². The van der Waals surface area contributed by atoms with Crippen molar-refractivity contribution in [2.45, 2.75) is 6.54 Å². The first-order chi connectivity index (χ1) is 8.16. The van der Waals surface area contributed by atoms with Crippen LogP contribution < -0.4 is 10.6 Å². The Labute approximate surface area is 98.6 Å². The minimum absolute atomic E-state index is 0.312. The molecule has 2 rings (SSSR count). The third-order valence-electron chi connectivity index (χ3n) is 2.23. The summed E-state index contributed by atoms with van der Waals surface area (Å²) in [6, 6.07) is 3.73. The lowest BCUT2D eigenvalue weighted by Crippen LogP contribution is -2.27. The van der Waals surface area contributed by atoms with E-state index in [2.05, 4.69) is 15.0 Å². The summed E-state index contributed by atoms with van der Waals surface area (Å²) in [5.74, 6) is 0.414. The van der Waals surface area contributed by atoms with Crippen LogP contribution in [0, 0.1) is 0 Å². The van der Waals surface area contributed by atoms with E-state index in [9.17, 15) is 4.79 Å². The molecule has 88 valence electrons. The summed E-state index contributed by atoms with van der Waals surface area (Å²) in [6.07, 6.45) is 4.90. The van der Waals surface area contributed by atoms with E-state index in [0.717, 1.165) is 5.56 Å². The van der Waals surface area contributed by atoms with Gasteiger partial charge in [-0.15, -0.1) is 0 Å². The Morgan fingerprint density at radius 3 is 2.82 bits per heavy atom. The first-order valence-corrected chi connectivity index (χ1v) is 5.16. The largest absolute Gasteiger partial charge is 0.352 e. The van der Waals surface area contributed by atoms with Crippen molar-refractivity contribution in [2.75, 3.05) is 19.0 Å². The van der Waals surface area contributed by atoms with Crippen molar-refractivity contribution in [3.8, 4) is 0 Å². The van der Waals surface area contributed by atoms with Crippen LogP contribution in [-0.4, -0.2) is 33.6 Å². The molecule has 0 radical (unpaired) electrons. The van der Waals surface area contributed by atoms with E-state index in [4.69, 9.17) is 0 Å². The van der Waals surface area contributed by atoms with Crippen LogP contribution in [0.25, 0.3) is 0 Å². The van der Waals surface area contributed by atoms with Gasteiger partial charge in [0.05, 0.1) is 6.54 Å². The standard InChI is InChI=1S/C11H13N5O/c1-15(2)10-13-8-16(11(17)14-10)7-9-4-3-5-12-6-9/h3-6,8H,7H2,1-2H3. The summed E-state index contributed by atoms with van der Waals surface area (Å²) in [7, 11) is 3.58. The van der Waals surface area contributed by atoms with E-state index in [1.807, 2.05) is 12.1 Å². The number of rotatable bonds is 3. The van der Waals surface area contributed by atoms with Crippen molar-refractivity contribution in [1.29, 1.82) is 0 Å². The van der Waals surface area contributed by atoms with E-state index >= 15 is 0 Å². The Morgan fingerprint density at radius 2 is 2.24 bits per heavy atom. The predicted octanol–water partition coefficient (Wildman–Crippen LogP) is 0.148. The summed E-state index contributed by atoms with van der Waals surface area (Å²) in [4.78, 5) is 25.4. The molecule has 6 nitrogen and oxygen atoms in total. The van der Waals surface area contributed by atoms with Crippen LogP contribution in [0.3, 0.4) is 0 Å². The van der Waals surface area contributed by atoms with Crippen LogP contribution >= 0.6 is 0 Å². The second-order valence-electron chi connectivity index (χ2n) is 3.82. The van der Waals surface area contributed by atoms with Gasteiger partial charge in [-0.1, -0.05) is 6.07 Å². The third kappa shape index (κ3) is 2.66. The molecule has 6 heteroatoms. The Hall–Kier alpha value is -2.24. The van der Waals surface area contributed by atoms with Gasteiger partial charge in [0.25, 0.3) is 0 Å². The Bertz CT molecular complexity index is 549. The van der Waals surface area contributed by atoms with Crippen molar-refractivity contribution >= 4 is 5.95 Å². The normalized spacial score (nSPS) is 10.2. The van der Waals surface area contributed by atoms with Crippen LogP contribution in [0.4, 0.5) is 5.95 Å². The second kappa shape index (κ2) is 4.73. The van der Waals surface area contributed by atoms with Crippen molar-refractivity contribution in [3.05, 3.63) is 46.9 Å². The summed E-state index contributed by atoms with van der Waals surface area (Å²) in [5, 5.41) is 0. The molecule has 0 spiro atoms. The molecule has 2 aromatic rings. The fourth-order valence-corrected chi connectivity index (χ4v) is 1.36. The highest BCUT2D eigenvalue weighted by Crippen LogP contribution is 1.99. The highest BCUT2D eigenvalue weighted by molar-refractivity contribution is 5.23. The van der Waals surface area contributed by atoms with Crippen LogP contribution in [0.1, 0.15) is 5.56 Å². The minimum atomic E-state index is -0.312. The van der Waals surface area contributed by atoms with Crippen LogP contribution in [-0.2, 0) is 6.54 Å². The van der Waals surface area contributed by atoms with E-state index in [0.29, 0.717) is 12.5 Å². The summed E-state index contributed by atoms with van der Waals surface area (Å²) in [6.45, 7) is 0.431. The van der Waals surface area contributed by atoms with Gasteiger partial charge in [-0.3, -0.25) is 9.55 Å². The van der Waals surface area contributed by atoms with Crippen molar-refractivity contribution < 1.29 is 0 Å². The van der Waals surface area contributed by atoms with Crippen molar-refractivity contribution in [3.63, 3.8) is 0 Å². The number of aromatic nitrogens is 4. The summed E-state index contributed by atoms with van der Waals surface area (Å²) in [5.41, 5.74) is 0.628. The fraction of sp³-hybridized carbons (Fsp3) is 0.273. The Morgan fingerprint density at radius 1 is 1.41 bits per heavy atom. The maximum absolute atomic E-state index is 11.7. The lowest BCUT2D eigenvalue weighted by atomic mass is 10.3. The lowest BCUT2D eigenvalue weighted by molar-refractivity contribution is 0.694. The smallest absolute Gasteiger partial charge is 0.347 e. The average Bonchev–Trinajstić information content (AvgIpc) is 2.33. The summed E-state index contributed by atoms with van der Waals surface area (Å²) >= 11 is 0. The molecule has 0 bridgehead atoms. The molecular weight excluding hydrogens is 218 g/mol. The van der Waals surface area contributed by atoms with Gasteiger partial charge in [-0.25, -0.2) is 9.78 Å². The molecule has 0 amide bonds. The second-order valence-corrected chi connectivity index (χ2v) is 3.82. The number of pyridine rings is 1. The number of anilines is 1. The number of nitrogens with zero attached hydrogens (tertiary/aromatic N) is 5. The molecule has 0 saturated heterocycles. The van der Waals surface area contributed by atoms with Gasteiger partial charge in [0.1, 0.15) is 6.33 Å². The minimum Gasteiger partial charge on any atom is -0.347 e. The number of hydrogen-bond donors (Lipinski definition) is 0. The average molecular weight is 231 g/mol. The van der Waals surface area contributed by atoms with Crippen LogP contribution in [0.15, 0.2) is 35.6 Å². The maximum atomic E-state index is 11.7. The zero-order chi connectivity index (χ0) is 12.3. The monoisotopic (exact) mass is 231 g/mol. The zero-order valence-electron chi connectivity index (χ0n) is 9.74. The molecule has 0 aromatic carbocycles. The zero-order valence-corrected chi connectivity index (χ0v) is 9.74. The van der Waals surface area contributed by atoms with Gasteiger partial charge in [0.2, 0.25) is 5.95 Å². The molecule has 0 aliphatic heterocycles. The van der Waals surface area contributed by atoms with Gasteiger partial charge >= 0.3 is 5.69 Å². The molecule has 0 aliphatic carbocycles. The Balaban J connectivity index is 2.26. The number of hydrogen-bond acceptors (Lipinski definition) is 5. The van der Waals surface area contributed by atoms with Gasteiger partial charge in [-0.2, -0.15) is 4.98 Å². The SMILES string of the molecule is CN(C)c1ncn(Cc2cccnc2)c(=O)n1. The molecule has 0 fully saturated rings. The van der Waals surface area contributed by atoms with E-state index in [1.54, 1.807) is 31.4 Å². The fourth-order valence-electron chi connectivity index (χ4n) is 1.36. The van der Waals surface area contributed by atoms with Crippen molar-refractivity contribution in [1.82, 2.24) is 19.5 Å². The Kier molecular flexibility index (Phi) is 3.13. The molecular formula is C11H13N5O. The molecule has 2 aromatic heterocycles. The summed E-state index contributed by atoms with van der Waals surface area (Å²) < 4.78 is 1.45. The molecule has 2 heterocycles. The van der Waals surface area contributed by atoms with E-state index in [-0.39, 0.29) is 5.69 Å². The quantitative estimate of drug-likeness (QED) is 0.752. The molecule has 0 saturated carbocycles. The first-order valence-electron chi connectivity index (χ1n) is 5.16. The van der Waals surface area contributed by atoms with Crippen LogP contribution in [0.5, 0.6) is 0 Å². The van der Waals surface area contributed by atoms with Crippen molar-refractivity contribution in [2.24, 2.45) is 0 Å². The van der Waals surface area contributed by atoms with Crippen LogP contribution in [0.2, 0.25) is 0 Å². The highest BCUT2D eigenvalue weighted by Gasteiger charge is 2.03. The molecule has 0 atom stereocenters. The van der Waals surface area contributed by atoms with Gasteiger partial charge in [0, 0.05) is 26.5 Å². The molecule has 17 heavy (non-hydrogen) atoms. The molecule has 0 N–H and O–H groups in total. The third-order valence-corrected chi connectivity index (χ3v) is 2.23. The maximum Gasteiger partial charge on any atom is 0.352 e. The van der Waals surface area contributed by atoms with Gasteiger partial charge in [0.15, 0.2) is 0 Å². The molecule has 0 aliphatic rings. The first kappa shape index (κ1) is 11.3.